The number of furan rings is 1. The number of hydrogen-bond acceptors (Lipinski definition) is 3. The van der Waals surface area contributed by atoms with Crippen molar-refractivity contribution < 1.29 is 13.9 Å². The van der Waals surface area contributed by atoms with E-state index in [-0.39, 0.29) is 5.60 Å². The molecule has 0 radical (unpaired) electrons. The molecule has 138 valence electrons. The summed E-state index contributed by atoms with van der Waals surface area (Å²) in [6, 6.07) is 2.26. The largest absolute Gasteiger partial charge is 0.469 e. The molecule has 4 aliphatic carbocycles. The summed E-state index contributed by atoms with van der Waals surface area (Å²) in [5.41, 5.74) is 2.39. The molecule has 3 fully saturated rings. The van der Waals surface area contributed by atoms with Gasteiger partial charge in [0, 0.05) is 20.6 Å². The van der Waals surface area contributed by atoms with E-state index in [0.29, 0.717) is 22.7 Å². The van der Waals surface area contributed by atoms with E-state index in [2.05, 4.69) is 13.0 Å². The Balaban J connectivity index is 1.53. The highest BCUT2D eigenvalue weighted by Gasteiger charge is 2.66. The lowest BCUT2D eigenvalue weighted by atomic mass is 9.45. The molecule has 0 amide bonds. The van der Waals surface area contributed by atoms with Crippen LogP contribution in [0.3, 0.4) is 0 Å². The van der Waals surface area contributed by atoms with Crippen LogP contribution in [0.25, 0.3) is 0 Å². The van der Waals surface area contributed by atoms with E-state index in [1.165, 1.54) is 56.3 Å². The summed E-state index contributed by atoms with van der Waals surface area (Å²) in [6.45, 7) is 3.36. The Labute approximate surface area is 151 Å². The van der Waals surface area contributed by atoms with Gasteiger partial charge in [0.25, 0.3) is 0 Å². The number of rotatable bonds is 3. The van der Waals surface area contributed by atoms with Gasteiger partial charge in [-0.15, -0.1) is 0 Å². The average molecular weight is 344 g/mol. The molecule has 1 aromatic rings. The molecule has 3 nitrogen and oxygen atoms in total. The standard InChI is InChI=1S/C22H32O3/c1-20-9-7-18-16(8-11-25-18)17(20)6-10-21-12-15(4-5-19(20)21)22(13-21,24-3)14-23-2/h8,11,15,17,19H,4-7,9-10,12-14H2,1-3H3/t15-,17-,19+,20-,21+,22+/m1/s1. The van der Waals surface area contributed by atoms with Crippen molar-refractivity contribution in [1.29, 1.82) is 0 Å². The number of fused-ring (bicyclic) bond motifs is 5. The van der Waals surface area contributed by atoms with Crippen LogP contribution >= 0.6 is 0 Å². The molecular formula is C22H32O3. The summed E-state index contributed by atoms with van der Waals surface area (Å²) in [5.74, 6) is 3.47. The Morgan fingerprint density at radius 1 is 1.20 bits per heavy atom. The second-order valence-corrected chi connectivity index (χ2v) is 9.67. The number of ether oxygens (including phenoxy) is 2. The van der Waals surface area contributed by atoms with Gasteiger partial charge in [-0.25, -0.2) is 0 Å². The number of aryl methyl sites for hydroxylation is 1. The van der Waals surface area contributed by atoms with Crippen LogP contribution < -0.4 is 0 Å². The van der Waals surface area contributed by atoms with E-state index in [9.17, 15) is 0 Å². The van der Waals surface area contributed by atoms with Crippen LogP contribution in [0, 0.1) is 22.7 Å². The molecular weight excluding hydrogens is 312 g/mol. The first-order valence-corrected chi connectivity index (χ1v) is 10.2. The van der Waals surface area contributed by atoms with Gasteiger partial charge in [0.15, 0.2) is 0 Å². The highest BCUT2D eigenvalue weighted by molar-refractivity contribution is 5.31. The quantitative estimate of drug-likeness (QED) is 0.778. The van der Waals surface area contributed by atoms with Crippen LogP contribution in [-0.4, -0.2) is 26.4 Å². The van der Waals surface area contributed by atoms with Crippen molar-refractivity contribution in [2.45, 2.75) is 69.8 Å². The molecule has 2 bridgehead atoms. The molecule has 25 heavy (non-hydrogen) atoms. The highest BCUT2D eigenvalue weighted by atomic mass is 16.5. The molecule has 4 aliphatic rings. The number of hydrogen-bond donors (Lipinski definition) is 0. The van der Waals surface area contributed by atoms with Crippen molar-refractivity contribution in [1.82, 2.24) is 0 Å². The summed E-state index contributed by atoms with van der Waals surface area (Å²) in [4.78, 5) is 0. The fourth-order valence-corrected chi connectivity index (χ4v) is 8.01. The summed E-state index contributed by atoms with van der Waals surface area (Å²) in [6.07, 6.45) is 12.3. The van der Waals surface area contributed by atoms with Crippen LogP contribution in [0.1, 0.15) is 69.1 Å². The van der Waals surface area contributed by atoms with E-state index in [4.69, 9.17) is 13.9 Å². The first kappa shape index (κ1) is 16.4. The lowest BCUT2D eigenvalue weighted by molar-refractivity contribution is -0.0943. The van der Waals surface area contributed by atoms with Crippen molar-refractivity contribution in [2.75, 3.05) is 20.8 Å². The SMILES string of the molecule is COC[C@@]1(OC)C[C@@]23CC[C@@H]4c5ccoc5CC[C@@]4(C)[C@@H]2CC[C@@H]1C3. The lowest BCUT2D eigenvalue weighted by Gasteiger charge is -2.59. The number of methoxy groups -OCH3 is 2. The smallest absolute Gasteiger partial charge is 0.107 e. The van der Waals surface area contributed by atoms with Crippen molar-refractivity contribution in [2.24, 2.45) is 22.7 Å². The predicted octanol–water partition coefficient (Wildman–Crippen LogP) is 4.95. The van der Waals surface area contributed by atoms with Gasteiger partial charge in [-0.3, -0.25) is 0 Å². The van der Waals surface area contributed by atoms with E-state index < -0.39 is 0 Å². The van der Waals surface area contributed by atoms with E-state index in [1.807, 2.05) is 20.5 Å². The van der Waals surface area contributed by atoms with Crippen LogP contribution in [-0.2, 0) is 15.9 Å². The van der Waals surface area contributed by atoms with Crippen molar-refractivity contribution in [3.8, 4) is 0 Å². The first-order chi connectivity index (χ1) is 12.1. The fourth-order valence-electron chi connectivity index (χ4n) is 8.01. The molecule has 0 aliphatic heterocycles. The van der Waals surface area contributed by atoms with Gasteiger partial charge in [-0.1, -0.05) is 6.92 Å². The molecule has 3 heteroatoms. The third-order valence-electron chi connectivity index (χ3n) is 8.96. The summed E-state index contributed by atoms with van der Waals surface area (Å²) >= 11 is 0. The van der Waals surface area contributed by atoms with Gasteiger partial charge >= 0.3 is 0 Å². The minimum Gasteiger partial charge on any atom is -0.469 e. The monoisotopic (exact) mass is 344 g/mol. The van der Waals surface area contributed by atoms with Gasteiger partial charge in [-0.05, 0) is 85.2 Å². The molecule has 0 N–H and O–H groups in total. The third kappa shape index (κ3) is 2.00. The minimum absolute atomic E-state index is 0.0395. The van der Waals surface area contributed by atoms with Crippen LogP contribution in [0.4, 0.5) is 0 Å². The van der Waals surface area contributed by atoms with E-state index in [0.717, 1.165) is 18.9 Å². The highest BCUT2D eigenvalue weighted by Crippen LogP contribution is 2.72. The zero-order valence-corrected chi connectivity index (χ0v) is 16.0. The minimum atomic E-state index is -0.0395. The van der Waals surface area contributed by atoms with Crippen LogP contribution in [0.15, 0.2) is 16.7 Å². The van der Waals surface area contributed by atoms with Crippen molar-refractivity contribution in [3.63, 3.8) is 0 Å². The maximum absolute atomic E-state index is 6.17. The molecule has 0 unspecified atom stereocenters. The van der Waals surface area contributed by atoms with E-state index in [1.54, 1.807) is 0 Å². The normalized spacial score (nSPS) is 47.9. The molecule has 1 aromatic heterocycles. The van der Waals surface area contributed by atoms with Gasteiger partial charge in [-0.2, -0.15) is 0 Å². The zero-order chi connectivity index (χ0) is 17.3. The summed E-state index contributed by atoms with van der Waals surface area (Å²) in [7, 11) is 3.75. The Kier molecular flexibility index (Phi) is 3.51. The van der Waals surface area contributed by atoms with Crippen LogP contribution in [0.5, 0.6) is 0 Å². The molecule has 1 spiro atoms. The van der Waals surface area contributed by atoms with Crippen molar-refractivity contribution in [3.05, 3.63) is 23.7 Å². The Bertz CT molecular complexity index is 666. The molecule has 1 heterocycles. The summed E-state index contributed by atoms with van der Waals surface area (Å²) < 4.78 is 17.6. The molecule has 0 saturated heterocycles. The Morgan fingerprint density at radius 2 is 2.08 bits per heavy atom. The Hall–Kier alpha value is -0.800. The third-order valence-corrected chi connectivity index (χ3v) is 8.96. The second kappa shape index (κ2) is 5.36. The van der Waals surface area contributed by atoms with Gasteiger partial charge in [0.1, 0.15) is 5.76 Å². The second-order valence-electron chi connectivity index (χ2n) is 9.67. The molecule has 5 rings (SSSR count). The summed E-state index contributed by atoms with van der Waals surface area (Å²) in [5, 5.41) is 0. The topological polar surface area (TPSA) is 31.6 Å². The first-order valence-electron chi connectivity index (χ1n) is 10.2. The molecule has 6 atom stereocenters. The van der Waals surface area contributed by atoms with E-state index >= 15 is 0 Å². The zero-order valence-electron chi connectivity index (χ0n) is 16.0. The van der Waals surface area contributed by atoms with Gasteiger partial charge in [0.2, 0.25) is 0 Å². The predicted molar refractivity (Wildman–Crippen MR) is 96.6 cm³/mol. The lowest BCUT2D eigenvalue weighted by Crippen LogP contribution is -2.51. The van der Waals surface area contributed by atoms with Gasteiger partial charge in [0.05, 0.1) is 18.5 Å². The Morgan fingerprint density at radius 3 is 2.88 bits per heavy atom. The average Bonchev–Trinajstić information content (AvgIpc) is 3.16. The molecule has 3 saturated carbocycles. The van der Waals surface area contributed by atoms with Gasteiger partial charge < -0.3 is 13.9 Å². The molecule has 0 aromatic carbocycles. The maximum Gasteiger partial charge on any atom is 0.107 e. The van der Waals surface area contributed by atoms with Crippen molar-refractivity contribution >= 4 is 0 Å². The van der Waals surface area contributed by atoms with Crippen LogP contribution in [0.2, 0.25) is 0 Å². The fraction of sp³-hybridized carbons (Fsp3) is 0.818. The maximum atomic E-state index is 6.17.